The van der Waals surface area contributed by atoms with Crippen LogP contribution < -0.4 is 5.32 Å². The fraction of sp³-hybridized carbons (Fsp3) is 0.941. The van der Waals surface area contributed by atoms with Gasteiger partial charge < -0.3 is 19.7 Å². The van der Waals surface area contributed by atoms with Crippen LogP contribution in [0.2, 0.25) is 0 Å². The first kappa shape index (κ1) is 17.5. The van der Waals surface area contributed by atoms with Crippen LogP contribution in [0.1, 0.15) is 59.8 Å². The number of hydrogen-bond donors (Lipinski definition) is 1. The Balaban J connectivity index is 1.67. The fourth-order valence-electron chi connectivity index (χ4n) is 2.87. The molecule has 2 atom stereocenters. The molecule has 1 saturated carbocycles. The largest absolute Gasteiger partial charge is 0.444 e. The highest BCUT2D eigenvalue weighted by Crippen LogP contribution is 2.28. The van der Waals surface area contributed by atoms with E-state index < -0.39 is 5.60 Å². The Labute approximate surface area is 134 Å². The molecule has 1 aliphatic carbocycles. The normalized spacial score (nSPS) is 25.8. The first-order valence-corrected chi connectivity index (χ1v) is 8.70. The van der Waals surface area contributed by atoms with E-state index in [-0.39, 0.29) is 6.09 Å². The fourth-order valence-corrected chi connectivity index (χ4v) is 2.87. The van der Waals surface area contributed by atoms with Gasteiger partial charge in [0.05, 0.1) is 6.10 Å². The minimum Gasteiger partial charge on any atom is -0.444 e. The smallest absolute Gasteiger partial charge is 0.410 e. The summed E-state index contributed by atoms with van der Waals surface area (Å²) in [7, 11) is 0. The average Bonchev–Trinajstić information content (AvgIpc) is 3.21. The predicted octanol–water partition coefficient (Wildman–Crippen LogP) is 2.93. The number of amides is 1. The van der Waals surface area contributed by atoms with Crippen LogP contribution in [-0.2, 0) is 9.47 Å². The van der Waals surface area contributed by atoms with Crippen molar-refractivity contribution < 1.29 is 14.3 Å². The van der Waals surface area contributed by atoms with Crippen molar-refractivity contribution in [1.82, 2.24) is 10.2 Å². The van der Waals surface area contributed by atoms with E-state index in [9.17, 15) is 4.79 Å². The minimum absolute atomic E-state index is 0.158. The van der Waals surface area contributed by atoms with Gasteiger partial charge in [0.2, 0.25) is 0 Å². The molecular formula is C17H32N2O3. The molecule has 2 aliphatic rings. The van der Waals surface area contributed by atoms with E-state index in [2.05, 4.69) is 12.2 Å². The molecule has 0 aromatic carbocycles. The van der Waals surface area contributed by atoms with Crippen LogP contribution in [0.15, 0.2) is 0 Å². The number of ether oxygens (including phenoxy) is 2. The van der Waals surface area contributed by atoms with Crippen LogP contribution in [0.25, 0.3) is 0 Å². The zero-order valence-electron chi connectivity index (χ0n) is 14.6. The zero-order chi connectivity index (χ0) is 16.2. The molecule has 5 nitrogen and oxygen atoms in total. The maximum Gasteiger partial charge on any atom is 0.410 e. The third kappa shape index (κ3) is 6.13. The van der Waals surface area contributed by atoms with Gasteiger partial charge in [0.25, 0.3) is 0 Å². The Morgan fingerprint density at radius 3 is 2.64 bits per heavy atom. The summed E-state index contributed by atoms with van der Waals surface area (Å²) in [6.07, 6.45) is 5.57. The number of nitrogens with zero attached hydrogens (tertiary/aromatic N) is 1. The van der Waals surface area contributed by atoms with Gasteiger partial charge in [-0.3, -0.25) is 0 Å². The van der Waals surface area contributed by atoms with Gasteiger partial charge in [0.1, 0.15) is 5.60 Å². The molecule has 0 aromatic heterocycles. The highest BCUT2D eigenvalue weighted by molar-refractivity contribution is 5.69. The molecule has 2 fully saturated rings. The van der Waals surface area contributed by atoms with Crippen molar-refractivity contribution in [2.45, 2.75) is 83.6 Å². The molecule has 1 N–H and O–H groups in total. The van der Waals surface area contributed by atoms with Gasteiger partial charge in [-0.15, -0.1) is 0 Å². The molecule has 1 amide bonds. The molecular weight excluding hydrogens is 280 g/mol. The Hall–Kier alpha value is -0.810. The summed E-state index contributed by atoms with van der Waals surface area (Å²) in [6, 6.07) is 0.956. The van der Waals surface area contributed by atoms with Crippen molar-refractivity contribution in [2.24, 2.45) is 0 Å². The SMILES string of the molecule is CC1CC(NCCCN(C(=O)OC(C)(C)C)C2CC2)CCO1. The number of nitrogens with one attached hydrogen (secondary N) is 1. The van der Waals surface area contributed by atoms with Crippen molar-refractivity contribution in [2.75, 3.05) is 19.7 Å². The standard InChI is InChI=1S/C17H32N2O3/c1-13-12-14(8-11-21-13)18-9-5-10-19(15-6-7-15)16(20)22-17(2,3)4/h13-15,18H,5-12H2,1-4H3. The maximum atomic E-state index is 12.2. The Kier molecular flexibility index (Phi) is 6.09. The first-order chi connectivity index (χ1) is 10.3. The molecule has 0 spiro atoms. The summed E-state index contributed by atoms with van der Waals surface area (Å²) in [4.78, 5) is 14.2. The lowest BCUT2D eigenvalue weighted by Gasteiger charge is -2.29. The molecule has 1 saturated heterocycles. The average molecular weight is 312 g/mol. The lowest BCUT2D eigenvalue weighted by molar-refractivity contribution is 0.0129. The van der Waals surface area contributed by atoms with Gasteiger partial charge >= 0.3 is 6.09 Å². The molecule has 0 aromatic rings. The number of rotatable bonds is 6. The Morgan fingerprint density at radius 2 is 2.05 bits per heavy atom. The first-order valence-electron chi connectivity index (χ1n) is 8.70. The molecule has 2 unspecified atom stereocenters. The number of carbonyl (C=O) groups excluding carboxylic acids is 1. The molecule has 128 valence electrons. The van der Waals surface area contributed by atoms with Crippen molar-refractivity contribution >= 4 is 6.09 Å². The van der Waals surface area contributed by atoms with Crippen molar-refractivity contribution in [1.29, 1.82) is 0 Å². The van der Waals surface area contributed by atoms with E-state index in [0.717, 1.165) is 51.8 Å². The highest BCUT2D eigenvalue weighted by Gasteiger charge is 2.34. The summed E-state index contributed by atoms with van der Waals surface area (Å²) >= 11 is 0. The molecule has 0 bridgehead atoms. The van der Waals surface area contributed by atoms with E-state index in [4.69, 9.17) is 9.47 Å². The Morgan fingerprint density at radius 1 is 1.32 bits per heavy atom. The maximum absolute atomic E-state index is 12.2. The van der Waals surface area contributed by atoms with E-state index in [0.29, 0.717) is 18.2 Å². The van der Waals surface area contributed by atoms with Gasteiger partial charge in [-0.2, -0.15) is 0 Å². The third-order valence-corrected chi connectivity index (χ3v) is 4.11. The molecule has 22 heavy (non-hydrogen) atoms. The van der Waals surface area contributed by atoms with Crippen LogP contribution in [0.4, 0.5) is 4.79 Å². The second-order valence-electron chi connectivity index (χ2n) is 7.62. The van der Waals surface area contributed by atoms with Crippen LogP contribution in [-0.4, -0.2) is 54.5 Å². The van der Waals surface area contributed by atoms with Crippen LogP contribution in [0.5, 0.6) is 0 Å². The lowest BCUT2D eigenvalue weighted by Crippen LogP contribution is -2.41. The predicted molar refractivity (Wildman–Crippen MR) is 87.0 cm³/mol. The molecule has 1 heterocycles. The van der Waals surface area contributed by atoms with Crippen LogP contribution in [0.3, 0.4) is 0 Å². The molecule has 0 radical (unpaired) electrons. The van der Waals surface area contributed by atoms with E-state index >= 15 is 0 Å². The van der Waals surface area contributed by atoms with Crippen LogP contribution in [0, 0.1) is 0 Å². The van der Waals surface area contributed by atoms with Crippen molar-refractivity contribution in [3.05, 3.63) is 0 Å². The number of hydrogen-bond acceptors (Lipinski definition) is 4. The topological polar surface area (TPSA) is 50.8 Å². The third-order valence-electron chi connectivity index (χ3n) is 4.11. The lowest BCUT2D eigenvalue weighted by atomic mass is 10.0. The summed E-state index contributed by atoms with van der Waals surface area (Å²) < 4.78 is 11.1. The quantitative estimate of drug-likeness (QED) is 0.766. The van der Waals surface area contributed by atoms with Gasteiger partial charge in [0.15, 0.2) is 0 Å². The molecule has 5 heteroatoms. The van der Waals surface area contributed by atoms with Gasteiger partial charge in [-0.05, 0) is 66.3 Å². The molecule has 2 rings (SSSR count). The second-order valence-corrected chi connectivity index (χ2v) is 7.62. The number of carbonyl (C=O) groups is 1. The zero-order valence-corrected chi connectivity index (χ0v) is 14.6. The van der Waals surface area contributed by atoms with E-state index in [1.165, 1.54) is 0 Å². The Bertz CT molecular complexity index is 363. The van der Waals surface area contributed by atoms with E-state index in [1.807, 2.05) is 25.7 Å². The van der Waals surface area contributed by atoms with Gasteiger partial charge in [0, 0.05) is 25.2 Å². The van der Waals surface area contributed by atoms with Crippen LogP contribution >= 0.6 is 0 Å². The van der Waals surface area contributed by atoms with E-state index in [1.54, 1.807) is 0 Å². The van der Waals surface area contributed by atoms with Crippen molar-refractivity contribution in [3.63, 3.8) is 0 Å². The minimum atomic E-state index is -0.416. The second kappa shape index (κ2) is 7.64. The highest BCUT2D eigenvalue weighted by atomic mass is 16.6. The van der Waals surface area contributed by atoms with Gasteiger partial charge in [-0.25, -0.2) is 4.79 Å². The van der Waals surface area contributed by atoms with Crippen molar-refractivity contribution in [3.8, 4) is 0 Å². The summed E-state index contributed by atoms with van der Waals surface area (Å²) in [5.41, 5.74) is -0.416. The van der Waals surface area contributed by atoms with Gasteiger partial charge in [-0.1, -0.05) is 0 Å². The summed E-state index contributed by atoms with van der Waals surface area (Å²) in [5.74, 6) is 0. The monoisotopic (exact) mass is 312 g/mol. The summed E-state index contributed by atoms with van der Waals surface area (Å²) in [6.45, 7) is 10.5. The molecule has 1 aliphatic heterocycles. The summed E-state index contributed by atoms with van der Waals surface area (Å²) in [5, 5.41) is 3.60.